The normalized spacial score (nSPS) is 16.3. The fraction of sp³-hybridized carbons (Fsp3) is 0.455. The lowest BCUT2D eigenvalue weighted by atomic mass is 10.2. The van der Waals surface area contributed by atoms with Crippen LogP contribution in [0.15, 0.2) is 16.9 Å². The largest absolute Gasteiger partial charge is 0.459 e. The molecule has 10 heteroatoms. The predicted molar refractivity (Wildman–Crippen MR) is 74.0 cm³/mol. The molecule has 0 aliphatic carbocycles. The predicted octanol–water partition coefficient (Wildman–Crippen LogP) is 3.79. The number of aromatic nitrogens is 2. The van der Waals surface area contributed by atoms with Crippen molar-refractivity contribution in [3.8, 4) is 0 Å². The zero-order chi connectivity index (χ0) is 16.0. The van der Waals surface area contributed by atoms with Crippen LogP contribution in [-0.4, -0.2) is 19.7 Å². The van der Waals surface area contributed by atoms with Gasteiger partial charge in [0.1, 0.15) is 11.4 Å². The summed E-state index contributed by atoms with van der Waals surface area (Å²) in [5, 5.41) is 7.21. The maximum Gasteiger partial charge on any atom is 0.459 e. The van der Waals surface area contributed by atoms with Crippen LogP contribution in [0, 0.1) is 6.92 Å². The molecule has 0 amide bonds. The molecule has 1 aliphatic heterocycles. The SMILES string of the molecule is CCC1=C(n2nc(C(F)(F)C(F)(F)F)cc2C)C(I)=N[N]1. The first-order valence-electron chi connectivity index (χ1n) is 5.79. The minimum absolute atomic E-state index is 0.149. The number of aryl methyl sites for hydroxylation is 1. The number of halogens is 6. The maximum atomic E-state index is 13.3. The quantitative estimate of drug-likeness (QED) is 0.544. The van der Waals surface area contributed by atoms with Gasteiger partial charge < -0.3 is 0 Å². The van der Waals surface area contributed by atoms with Gasteiger partial charge in [0.05, 0.1) is 5.70 Å². The van der Waals surface area contributed by atoms with Gasteiger partial charge in [0.25, 0.3) is 0 Å². The topological polar surface area (TPSA) is 44.3 Å². The molecule has 1 radical (unpaired) electrons. The second-order valence-electron chi connectivity index (χ2n) is 4.29. The minimum Gasteiger partial charge on any atom is -0.233 e. The van der Waals surface area contributed by atoms with E-state index in [9.17, 15) is 22.0 Å². The van der Waals surface area contributed by atoms with Crippen molar-refractivity contribution in [3.63, 3.8) is 0 Å². The van der Waals surface area contributed by atoms with Crippen LogP contribution < -0.4 is 5.43 Å². The summed E-state index contributed by atoms with van der Waals surface area (Å²) in [4.78, 5) is 0. The van der Waals surface area contributed by atoms with Gasteiger partial charge in [0.2, 0.25) is 0 Å². The molecule has 115 valence electrons. The smallest absolute Gasteiger partial charge is 0.233 e. The first-order valence-corrected chi connectivity index (χ1v) is 6.87. The van der Waals surface area contributed by atoms with Crippen molar-refractivity contribution in [1.82, 2.24) is 15.2 Å². The summed E-state index contributed by atoms with van der Waals surface area (Å²) in [5.74, 6) is -5.01. The van der Waals surface area contributed by atoms with E-state index in [2.05, 4.69) is 15.6 Å². The molecule has 0 aromatic carbocycles. The Kier molecular flexibility index (Phi) is 4.02. The van der Waals surface area contributed by atoms with Gasteiger partial charge in [-0.1, -0.05) is 6.92 Å². The van der Waals surface area contributed by atoms with Crippen LogP contribution in [0.25, 0.3) is 5.70 Å². The molecule has 2 heterocycles. The Bertz CT molecular complexity index is 629. The van der Waals surface area contributed by atoms with Gasteiger partial charge in [0.15, 0.2) is 3.72 Å². The number of alkyl halides is 5. The van der Waals surface area contributed by atoms with E-state index >= 15 is 0 Å². The standard InChI is InChI=1S/C11H9F5IN4/c1-3-6-8(9(17)19-18-6)21-5(2)4-7(20-21)10(12,13)11(14,15)16/h4H,3H2,1-2H3. The molecule has 0 unspecified atom stereocenters. The highest BCUT2D eigenvalue weighted by molar-refractivity contribution is 14.1. The molecule has 0 fully saturated rings. The third-order valence-corrected chi connectivity index (χ3v) is 3.57. The van der Waals surface area contributed by atoms with Gasteiger partial charge in [-0.05, 0) is 42.0 Å². The van der Waals surface area contributed by atoms with Crippen molar-refractivity contribution in [3.05, 3.63) is 23.2 Å². The Hall–Kier alpha value is -1.20. The highest BCUT2D eigenvalue weighted by atomic mass is 127. The van der Waals surface area contributed by atoms with Crippen LogP contribution in [0.2, 0.25) is 0 Å². The van der Waals surface area contributed by atoms with Crippen LogP contribution in [0.4, 0.5) is 22.0 Å². The van der Waals surface area contributed by atoms with Crippen molar-refractivity contribution in [2.24, 2.45) is 5.10 Å². The molecule has 1 aromatic heterocycles. The molecular weight excluding hydrogens is 410 g/mol. The summed E-state index contributed by atoms with van der Waals surface area (Å²) in [6.45, 7) is 3.17. The van der Waals surface area contributed by atoms with Crippen molar-refractivity contribution in [2.75, 3.05) is 0 Å². The molecule has 0 bridgehead atoms. The van der Waals surface area contributed by atoms with Crippen molar-refractivity contribution in [1.29, 1.82) is 0 Å². The minimum atomic E-state index is -5.69. The van der Waals surface area contributed by atoms with E-state index in [0.717, 1.165) is 10.7 Å². The third kappa shape index (κ3) is 2.64. The van der Waals surface area contributed by atoms with E-state index < -0.39 is 17.8 Å². The van der Waals surface area contributed by atoms with Crippen LogP contribution in [0.5, 0.6) is 0 Å². The number of rotatable bonds is 3. The van der Waals surface area contributed by atoms with E-state index in [0.29, 0.717) is 21.5 Å². The van der Waals surface area contributed by atoms with Crippen molar-refractivity contribution < 1.29 is 22.0 Å². The Morgan fingerprint density at radius 2 is 1.86 bits per heavy atom. The molecular formula is C11H9F5IN4. The lowest BCUT2D eigenvalue weighted by molar-refractivity contribution is -0.291. The van der Waals surface area contributed by atoms with Gasteiger partial charge in [-0.25, -0.2) is 4.68 Å². The summed E-state index contributed by atoms with van der Waals surface area (Å²) in [6.07, 6.45) is -5.24. The first kappa shape index (κ1) is 16.2. The van der Waals surface area contributed by atoms with E-state index in [1.54, 1.807) is 6.92 Å². The highest BCUT2D eigenvalue weighted by Crippen LogP contribution is 2.43. The molecule has 4 nitrogen and oxygen atoms in total. The molecule has 2 rings (SSSR count). The highest BCUT2D eigenvalue weighted by Gasteiger charge is 2.60. The molecule has 0 saturated carbocycles. The number of nitrogens with zero attached hydrogens (tertiary/aromatic N) is 4. The summed E-state index contributed by atoms with van der Waals surface area (Å²) in [6, 6.07) is 0.718. The fourth-order valence-electron chi connectivity index (χ4n) is 1.77. The third-order valence-electron chi connectivity index (χ3n) is 2.84. The molecule has 1 aromatic rings. The van der Waals surface area contributed by atoms with E-state index in [1.165, 1.54) is 6.92 Å². The number of hydrogen-bond acceptors (Lipinski definition) is 2. The average molecular weight is 419 g/mol. The zero-order valence-corrected chi connectivity index (χ0v) is 13.0. The Morgan fingerprint density at radius 1 is 1.24 bits per heavy atom. The van der Waals surface area contributed by atoms with Gasteiger partial charge in [0, 0.05) is 5.69 Å². The lowest BCUT2D eigenvalue weighted by Gasteiger charge is -2.17. The number of allylic oxidation sites excluding steroid dienone is 2. The molecule has 0 N–H and O–H groups in total. The van der Waals surface area contributed by atoms with Gasteiger partial charge in [-0.3, -0.25) is 0 Å². The molecule has 0 saturated heterocycles. The molecule has 21 heavy (non-hydrogen) atoms. The van der Waals surface area contributed by atoms with E-state index in [-0.39, 0.29) is 5.69 Å². The Morgan fingerprint density at radius 3 is 2.38 bits per heavy atom. The second-order valence-corrected chi connectivity index (χ2v) is 5.32. The summed E-state index contributed by atoms with van der Waals surface area (Å²) in [5.41, 5.74) is 3.46. The molecule has 0 spiro atoms. The summed E-state index contributed by atoms with van der Waals surface area (Å²) in [7, 11) is 0. The van der Waals surface area contributed by atoms with Crippen LogP contribution >= 0.6 is 22.6 Å². The monoisotopic (exact) mass is 419 g/mol. The maximum absolute atomic E-state index is 13.3. The molecule has 0 atom stereocenters. The second kappa shape index (κ2) is 5.21. The first-order chi connectivity index (χ1) is 9.59. The lowest BCUT2D eigenvalue weighted by Crippen LogP contribution is -2.34. The van der Waals surface area contributed by atoms with Gasteiger partial charge in [-0.15, -0.1) is 5.10 Å². The summed E-state index contributed by atoms with van der Waals surface area (Å²) >= 11 is 1.83. The molecule has 1 aliphatic rings. The Labute approximate surface area is 130 Å². The van der Waals surface area contributed by atoms with Crippen LogP contribution in [0.3, 0.4) is 0 Å². The van der Waals surface area contributed by atoms with E-state index in [4.69, 9.17) is 0 Å². The van der Waals surface area contributed by atoms with Gasteiger partial charge in [-0.2, -0.15) is 32.5 Å². The fourth-order valence-corrected chi connectivity index (χ4v) is 2.41. The van der Waals surface area contributed by atoms with Crippen LogP contribution in [0.1, 0.15) is 24.7 Å². The van der Waals surface area contributed by atoms with Crippen molar-refractivity contribution in [2.45, 2.75) is 32.4 Å². The summed E-state index contributed by atoms with van der Waals surface area (Å²) < 4.78 is 65.3. The van der Waals surface area contributed by atoms with Crippen molar-refractivity contribution >= 4 is 32.0 Å². The van der Waals surface area contributed by atoms with E-state index in [1.807, 2.05) is 22.6 Å². The average Bonchev–Trinajstić information content (AvgIpc) is 2.91. The Balaban J connectivity index is 2.54. The van der Waals surface area contributed by atoms with Crippen LogP contribution in [-0.2, 0) is 5.92 Å². The zero-order valence-electron chi connectivity index (χ0n) is 10.8. The van der Waals surface area contributed by atoms with Gasteiger partial charge >= 0.3 is 12.1 Å². The number of hydrogen-bond donors (Lipinski definition) is 0.